The average Bonchev–Trinajstić information content (AvgIpc) is 3.59. The first kappa shape index (κ1) is 25.5. The van der Waals surface area contributed by atoms with E-state index in [2.05, 4.69) is 29.0 Å². The van der Waals surface area contributed by atoms with Crippen LogP contribution in [0.15, 0.2) is 60.0 Å². The summed E-state index contributed by atoms with van der Waals surface area (Å²) < 4.78 is 7.24. The smallest absolute Gasteiger partial charge is 0.121 e. The average molecular weight is 546 g/mol. The lowest BCUT2D eigenvalue weighted by atomic mass is 9.56. The van der Waals surface area contributed by atoms with Gasteiger partial charge < -0.3 is 30.9 Å². The fourth-order valence-corrected chi connectivity index (χ4v) is 9.74. The van der Waals surface area contributed by atoms with E-state index >= 15 is 0 Å². The molecule has 8 rings (SSSR count). The Morgan fingerprint density at radius 1 is 1.12 bits per heavy atom. The fourth-order valence-electron chi connectivity index (χ4n) is 9.74. The lowest BCUT2D eigenvalue weighted by Gasteiger charge is -2.57. The monoisotopic (exact) mass is 545 g/mol. The number of hydrogen-bond donors (Lipinski definition) is 5. The second-order valence-electron chi connectivity index (χ2n) is 13.6. The molecule has 2 bridgehead atoms. The van der Waals surface area contributed by atoms with Gasteiger partial charge in [0.05, 0.1) is 23.4 Å². The third kappa shape index (κ3) is 3.03. The largest absolute Gasteiger partial charge is 0.390 e. The molecule has 6 N–H and O–H groups in total. The summed E-state index contributed by atoms with van der Waals surface area (Å²) in [7, 11) is 0. The predicted molar refractivity (Wildman–Crippen MR) is 149 cm³/mol. The van der Waals surface area contributed by atoms with Gasteiger partial charge in [-0.05, 0) is 72.8 Å². The maximum absolute atomic E-state index is 12.5. The summed E-state index contributed by atoms with van der Waals surface area (Å²) >= 11 is 0. The second kappa shape index (κ2) is 8.22. The van der Waals surface area contributed by atoms with Crippen molar-refractivity contribution in [2.45, 2.75) is 92.6 Å². The minimum absolute atomic E-state index is 0.0816. The molecule has 2 spiro atoms. The van der Waals surface area contributed by atoms with Crippen LogP contribution in [-0.2, 0) is 10.3 Å². The first-order chi connectivity index (χ1) is 19.1. The molecule has 4 fully saturated rings. The van der Waals surface area contributed by atoms with Crippen LogP contribution in [0.2, 0.25) is 0 Å². The van der Waals surface area contributed by atoms with Crippen LogP contribution in [-0.4, -0.2) is 85.0 Å². The Morgan fingerprint density at radius 2 is 1.98 bits per heavy atom. The van der Waals surface area contributed by atoms with E-state index < -0.39 is 40.5 Å². The molecule has 8 heteroatoms. The lowest BCUT2D eigenvalue weighted by Crippen LogP contribution is -2.63. The second-order valence-corrected chi connectivity index (χ2v) is 13.6. The third-order valence-electron chi connectivity index (χ3n) is 11.9. The van der Waals surface area contributed by atoms with Crippen molar-refractivity contribution in [3.8, 4) is 0 Å². The standard InChI is InChI=1S/C32H39N3O5/c1-29-7-4-20-13-23-27(37)28(38)24(35-11-6-22(33)17-35)15-30(23)8-9-31(20,40-30)25(29)14-26(36)32(29,39)21-3-2-18-5-10-34-16-19(18)12-21/h2-5,10,12-13,16,22,24-28,36-39H,6-9,11,14-15,17,33H2,1H3/t22-,24+,25-,26-,27+,28-,29+,30-,31?,32-/m1/s1. The summed E-state index contributed by atoms with van der Waals surface area (Å²) in [5.74, 6) is -0.121. The van der Waals surface area contributed by atoms with Crippen LogP contribution in [0.5, 0.6) is 0 Å². The van der Waals surface area contributed by atoms with Gasteiger partial charge in [-0.3, -0.25) is 9.88 Å². The number of nitrogens with zero attached hydrogens (tertiary/aromatic N) is 2. The molecule has 0 amide bonds. The lowest BCUT2D eigenvalue weighted by molar-refractivity contribution is -0.187. The highest BCUT2D eigenvalue weighted by atomic mass is 16.5. The molecule has 2 aromatic rings. The summed E-state index contributed by atoms with van der Waals surface area (Å²) in [6.45, 7) is 3.62. The number of benzene rings is 1. The number of aliphatic hydroxyl groups is 4. The van der Waals surface area contributed by atoms with Crippen molar-refractivity contribution in [2.24, 2.45) is 17.1 Å². The molecule has 3 aliphatic carbocycles. The highest BCUT2D eigenvalue weighted by Gasteiger charge is 2.73. The molecule has 1 aromatic carbocycles. The van der Waals surface area contributed by atoms with Crippen molar-refractivity contribution in [3.63, 3.8) is 0 Å². The molecular formula is C32H39N3O5. The number of likely N-dealkylation sites (tertiary alicyclic amines) is 1. The van der Waals surface area contributed by atoms with E-state index in [4.69, 9.17) is 10.5 Å². The van der Waals surface area contributed by atoms with E-state index in [9.17, 15) is 20.4 Å². The summed E-state index contributed by atoms with van der Waals surface area (Å²) in [6.07, 6.45) is 8.90. The van der Waals surface area contributed by atoms with Gasteiger partial charge in [0.1, 0.15) is 11.7 Å². The van der Waals surface area contributed by atoms with Crippen molar-refractivity contribution >= 4 is 10.8 Å². The van der Waals surface area contributed by atoms with Crippen LogP contribution in [0.25, 0.3) is 10.8 Å². The molecule has 40 heavy (non-hydrogen) atoms. The minimum Gasteiger partial charge on any atom is -0.390 e. The highest BCUT2D eigenvalue weighted by molar-refractivity contribution is 5.82. The summed E-state index contributed by atoms with van der Waals surface area (Å²) in [5.41, 5.74) is 5.25. The van der Waals surface area contributed by atoms with Gasteiger partial charge in [0.2, 0.25) is 0 Å². The minimum atomic E-state index is -1.46. The topological polar surface area (TPSA) is 132 Å². The molecule has 8 nitrogen and oxygen atoms in total. The van der Waals surface area contributed by atoms with Crippen LogP contribution in [0, 0.1) is 11.3 Å². The SMILES string of the molecule is C[C@]12CC=C3C=C4[C@H](O)[C@H](O)[C@@H](N5CC[C@@H](N)C5)C[C@]45CCC3(O5)[C@@H]1C[C@@H](O)[C@]2(O)c1ccc2ccncc2c1. The van der Waals surface area contributed by atoms with E-state index in [1.807, 2.05) is 24.3 Å². The van der Waals surface area contributed by atoms with Gasteiger partial charge in [0.15, 0.2) is 0 Å². The molecule has 0 radical (unpaired) electrons. The fraction of sp³-hybridized carbons (Fsp3) is 0.594. The van der Waals surface area contributed by atoms with Gasteiger partial charge >= 0.3 is 0 Å². The summed E-state index contributed by atoms with van der Waals surface area (Å²) in [6, 6.07) is 7.70. The number of aliphatic hydroxyl groups excluding tert-OH is 3. The third-order valence-corrected chi connectivity index (χ3v) is 11.9. The maximum atomic E-state index is 12.5. The van der Waals surface area contributed by atoms with Crippen molar-refractivity contribution < 1.29 is 25.2 Å². The Kier molecular flexibility index (Phi) is 5.25. The van der Waals surface area contributed by atoms with Crippen molar-refractivity contribution in [1.82, 2.24) is 9.88 Å². The van der Waals surface area contributed by atoms with Gasteiger partial charge in [0, 0.05) is 54.3 Å². The first-order valence-electron chi connectivity index (χ1n) is 14.8. The number of hydrogen-bond acceptors (Lipinski definition) is 8. The van der Waals surface area contributed by atoms with Crippen molar-refractivity contribution in [1.29, 1.82) is 0 Å². The number of fused-ring (bicyclic) bond motifs is 2. The zero-order valence-corrected chi connectivity index (χ0v) is 22.9. The summed E-state index contributed by atoms with van der Waals surface area (Å²) in [5, 5.41) is 48.8. The molecule has 1 aromatic heterocycles. The highest BCUT2D eigenvalue weighted by Crippen LogP contribution is 2.70. The van der Waals surface area contributed by atoms with Crippen LogP contribution in [0.4, 0.5) is 0 Å². The van der Waals surface area contributed by atoms with Crippen molar-refractivity contribution in [2.75, 3.05) is 13.1 Å². The van der Waals surface area contributed by atoms with Gasteiger partial charge in [-0.2, -0.15) is 0 Å². The zero-order valence-electron chi connectivity index (χ0n) is 22.9. The van der Waals surface area contributed by atoms with Gasteiger partial charge in [-0.25, -0.2) is 0 Å². The Labute approximate surface area is 234 Å². The molecule has 212 valence electrons. The van der Waals surface area contributed by atoms with Gasteiger partial charge in [0.25, 0.3) is 0 Å². The quantitative estimate of drug-likeness (QED) is 0.387. The van der Waals surface area contributed by atoms with Gasteiger partial charge in [-0.1, -0.05) is 31.2 Å². The Hall–Kier alpha value is -2.17. The summed E-state index contributed by atoms with van der Waals surface area (Å²) in [4.78, 5) is 6.49. The first-order valence-corrected chi connectivity index (χ1v) is 14.8. The van der Waals surface area contributed by atoms with Crippen LogP contribution >= 0.6 is 0 Å². The number of ether oxygens (including phenoxy) is 1. The zero-order chi connectivity index (χ0) is 27.7. The Bertz CT molecular complexity index is 1460. The predicted octanol–water partition coefficient (Wildman–Crippen LogP) is 1.89. The van der Waals surface area contributed by atoms with E-state index in [0.29, 0.717) is 31.4 Å². The Balaban J connectivity index is 1.20. The number of rotatable bonds is 2. The molecule has 10 atom stereocenters. The molecule has 1 unspecified atom stereocenters. The normalized spacial score (nSPS) is 48.0. The van der Waals surface area contributed by atoms with Crippen molar-refractivity contribution in [3.05, 3.63) is 65.5 Å². The Morgan fingerprint density at radius 3 is 2.77 bits per heavy atom. The molecular weight excluding hydrogens is 506 g/mol. The van der Waals surface area contributed by atoms with E-state index in [-0.39, 0.29) is 18.0 Å². The van der Waals surface area contributed by atoms with E-state index in [0.717, 1.165) is 47.7 Å². The van der Waals surface area contributed by atoms with Crippen LogP contribution in [0.1, 0.15) is 51.0 Å². The molecule has 2 saturated carbocycles. The van der Waals surface area contributed by atoms with E-state index in [1.165, 1.54) is 0 Å². The van der Waals surface area contributed by atoms with Gasteiger partial charge in [-0.15, -0.1) is 0 Å². The molecule has 6 aliphatic rings. The number of nitrogens with two attached hydrogens (primary N) is 1. The molecule has 4 heterocycles. The van der Waals surface area contributed by atoms with E-state index in [1.54, 1.807) is 12.4 Å². The van der Waals surface area contributed by atoms with Crippen LogP contribution < -0.4 is 5.73 Å². The molecule has 2 saturated heterocycles. The number of allylic oxidation sites excluding steroid dienone is 1. The molecule has 3 aliphatic heterocycles. The number of aromatic nitrogens is 1. The number of pyridine rings is 1. The maximum Gasteiger partial charge on any atom is 0.121 e. The van der Waals surface area contributed by atoms with Crippen LogP contribution in [0.3, 0.4) is 0 Å².